The van der Waals surface area contributed by atoms with Gasteiger partial charge in [0.15, 0.2) is 0 Å². The molecule has 0 radical (unpaired) electrons. The number of halogens is 1. The number of phenols is 1. The lowest BCUT2D eigenvalue weighted by Gasteiger charge is -2.04. The van der Waals surface area contributed by atoms with Gasteiger partial charge in [-0.2, -0.15) is 0 Å². The molecule has 0 amide bonds. The number of rotatable bonds is 4. The van der Waals surface area contributed by atoms with Gasteiger partial charge in [0.1, 0.15) is 11.5 Å². The van der Waals surface area contributed by atoms with Crippen molar-refractivity contribution in [2.75, 3.05) is 0 Å². The second kappa shape index (κ2) is 5.21. The predicted molar refractivity (Wildman–Crippen MR) is 64.9 cm³/mol. The fraction of sp³-hybridized carbons (Fsp3) is 0.250. The lowest BCUT2D eigenvalue weighted by Crippen LogP contribution is -2.12. The van der Waals surface area contributed by atoms with E-state index < -0.39 is 0 Å². The van der Waals surface area contributed by atoms with Gasteiger partial charge in [0.25, 0.3) is 0 Å². The Bertz CT molecular complexity index is 511. The van der Waals surface area contributed by atoms with E-state index in [0.717, 1.165) is 11.3 Å². The Hall–Kier alpha value is -1.52. The molecule has 0 atom stereocenters. The molecular weight excluding hydrogens is 240 g/mol. The van der Waals surface area contributed by atoms with Crippen LogP contribution < -0.4 is 5.32 Å². The molecule has 0 fully saturated rings. The summed E-state index contributed by atoms with van der Waals surface area (Å²) in [5.41, 5.74) is 0.996. The molecule has 0 aliphatic carbocycles. The number of benzene rings is 1. The van der Waals surface area contributed by atoms with Crippen molar-refractivity contribution in [2.45, 2.75) is 20.0 Å². The van der Waals surface area contributed by atoms with E-state index in [4.69, 9.17) is 16.0 Å². The van der Waals surface area contributed by atoms with Gasteiger partial charge in [0, 0.05) is 6.54 Å². The summed E-state index contributed by atoms with van der Waals surface area (Å²) in [4.78, 5) is 4.08. The summed E-state index contributed by atoms with van der Waals surface area (Å²) in [6, 6.07) is 5.12. The highest BCUT2D eigenvalue weighted by Crippen LogP contribution is 2.23. The smallest absolute Gasteiger partial charge is 0.208 e. The molecule has 1 heterocycles. The van der Waals surface area contributed by atoms with Crippen LogP contribution in [0, 0.1) is 6.92 Å². The molecule has 4 nitrogen and oxygen atoms in total. The van der Waals surface area contributed by atoms with Crippen LogP contribution in [0.3, 0.4) is 0 Å². The van der Waals surface area contributed by atoms with E-state index in [2.05, 4.69) is 10.3 Å². The van der Waals surface area contributed by atoms with E-state index in [1.807, 2.05) is 13.0 Å². The molecular formula is C12H13ClN2O2. The van der Waals surface area contributed by atoms with Gasteiger partial charge in [-0.1, -0.05) is 17.7 Å². The second-order valence-corrected chi connectivity index (χ2v) is 4.16. The Morgan fingerprint density at radius 2 is 2.24 bits per heavy atom. The van der Waals surface area contributed by atoms with E-state index in [1.165, 1.54) is 0 Å². The van der Waals surface area contributed by atoms with Gasteiger partial charge in [-0.25, -0.2) is 4.98 Å². The first kappa shape index (κ1) is 12.0. The van der Waals surface area contributed by atoms with Crippen LogP contribution in [-0.2, 0) is 13.1 Å². The highest BCUT2D eigenvalue weighted by Gasteiger charge is 2.02. The second-order valence-electron chi connectivity index (χ2n) is 3.75. The predicted octanol–water partition coefficient (Wildman–Crippen LogP) is 2.63. The van der Waals surface area contributed by atoms with Gasteiger partial charge in [-0.3, -0.25) is 0 Å². The number of hydrogen-bond acceptors (Lipinski definition) is 4. The average Bonchev–Trinajstić information content (AvgIpc) is 2.70. The monoisotopic (exact) mass is 252 g/mol. The van der Waals surface area contributed by atoms with Crippen LogP contribution >= 0.6 is 11.6 Å². The molecule has 1 aromatic heterocycles. The zero-order valence-electron chi connectivity index (χ0n) is 9.40. The lowest BCUT2D eigenvalue weighted by molar-refractivity contribution is 0.448. The third-order valence-corrected chi connectivity index (χ3v) is 2.59. The highest BCUT2D eigenvalue weighted by atomic mass is 35.5. The van der Waals surface area contributed by atoms with Gasteiger partial charge >= 0.3 is 0 Å². The van der Waals surface area contributed by atoms with Crippen molar-refractivity contribution in [3.63, 3.8) is 0 Å². The van der Waals surface area contributed by atoms with Crippen molar-refractivity contribution in [3.8, 4) is 5.75 Å². The molecule has 1 aromatic carbocycles. The van der Waals surface area contributed by atoms with E-state index in [0.29, 0.717) is 24.0 Å². The largest absolute Gasteiger partial charge is 0.506 e. The van der Waals surface area contributed by atoms with Crippen LogP contribution in [0.2, 0.25) is 5.02 Å². The first-order valence-corrected chi connectivity index (χ1v) is 5.62. The van der Waals surface area contributed by atoms with Crippen LogP contribution in [0.15, 0.2) is 28.8 Å². The molecule has 0 unspecified atom stereocenters. The Kier molecular flexibility index (Phi) is 3.66. The van der Waals surface area contributed by atoms with Crippen molar-refractivity contribution >= 4 is 11.6 Å². The molecule has 90 valence electrons. The Morgan fingerprint density at radius 1 is 1.41 bits per heavy atom. The standard InChI is InChI=1S/C12H13ClN2O2/c1-8-5-15-12(17-8)7-14-6-9-2-3-11(16)10(13)4-9/h2-5,14,16H,6-7H2,1H3. The molecule has 0 saturated heterocycles. The third kappa shape index (κ3) is 3.22. The van der Waals surface area contributed by atoms with Gasteiger partial charge in [0.05, 0.1) is 17.8 Å². The maximum absolute atomic E-state index is 9.27. The topological polar surface area (TPSA) is 58.3 Å². The minimum Gasteiger partial charge on any atom is -0.506 e. The molecule has 0 saturated carbocycles. The molecule has 2 N–H and O–H groups in total. The normalized spacial score (nSPS) is 10.7. The molecule has 0 bridgehead atoms. The van der Waals surface area contributed by atoms with Crippen molar-refractivity contribution in [1.82, 2.24) is 10.3 Å². The number of aromatic hydroxyl groups is 1. The first-order valence-electron chi connectivity index (χ1n) is 5.24. The van der Waals surface area contributed by atoms with Crippen molar-refractivity contribution < 1.29 is 9.52 Å². The van der Waals surface area contributed by atoms with E-state index >= 15 is 0 Å². The van der Waals surface area contributed by atoms with Gasteiger partial charge in [-0.15, -0.1) is 0 Å². The number of nitrogens with one attached hydrogen (secondary N) is 1. The summed E-state index contributed by atoms with van der Waals surface area (Å²) < 4.78 is 5.32. The summed E-state index contributed by atoms with van der Waals surface area (Å²) in [5.74, 6) is 1.56. The quantitative estimate of drug-likeness (QED) is 0.878. The number of hydrogen-bond donors (Lipinski definition) is 2. The Morgan fingerprint density at radius 3 is 2.88 bits per heavy atom. The number of nitrogens with zero attached hydrogens (tertiary/aromatic N) is 1. The minimum absolute atomic E-state index is 0.0961. The molecule has 17 heavy (non-hydrogen) atoms. The van der Waals surface area contributed by atoms with Crippen molar-refractivity contribution in [2.24, 2.45) is 0 Å². The van der Waals surface area contributed by atoms with Crippen LogP contribution in [0.5, 0.6) is 5.75 Å². The van der Waals surface area contributed by atoms with Crippen molar-refractivity contribution in [1.29, 1.82) is 0 Å². The zero-order chi connectivity index (χ0) is 12.3. The molecule has 0 spiro atoms. The maximum Gasteiger partial charge on any atom is 0.208 e. The summed E-state index contributed by atoms with van der Waals surface area (Å²) in [6.45, 7) is 3.06. The highest BCUT2D eigenvalue weighted by molar-refractivity contribution is 6.32. The third-order valence-electron chi connectivity index (χ3n) is 2.29. The zero-order valence-corrected chi connectivity index (χ0v) is 10.2. The van der Waals surface area contributed by atoms with E-state index in [1.54, 1.807) is 18.3 Å². The number of aryl methyl sites for hydroxylation is 1. The van der Waals surface area contributed by atoms with Gasteiger partial charge < -0.3 is 14.8 Å². The summed E-state index contributed by atoms with van der Waals surface area (Å²) in [5, 5.41) is 12.8. The van der Waals surface area contributed by atoms with E-state index in [9.17, 15) is 5.11 Å². The first-order chi connectivity index (χ1) is 8.15. The SMILES string of the molecule is Cc1cnc(CNCc2ccc(O)c(Cl)c2)o1. The molecule has 0 aliphatic heterocycles. The van der Waals surface area contributed by atoms with E-state index in [-0.39, 0.29) is 5.75 Å². The van der Waals surface area contributed by atoms with Crippen LogP contribution in [0.25, 0.3) is 0 Å². The fourth-order valence-electron chi connectivity index (χ4n) is 1.46. The maximum atomic E-state index is 9.27. The van der Waals surface area contributed by atoms with Crippen molar-refractivity contribution in [3.05, 3.63) is 46.6 Å². The Labute approximate surface area is 104 Å². The average molecular weight is 253 g/mol. The minimum atomic E-state index is 0.0961. The van der Waals surface area contributed by atoms with Crippen LogP contribution in [-0.4, -0.2) is 10.1 Å². The molecule has 2 rings (SSSR count). The number of phenolic OH excluding ortho intramolecular Hbond substituents is 1. The Balaban J connectivity index is 1.87. The summed E-state index contributed by atoms with van der Waals surface area (Å²) >= 11 is 5.80. The molecule has 2 aromatic rings. The number of oxazole rings is 1. The fourth-order valence-corrected chi connectivity index (χ4v) is 1.66. The summed E-state index contributed by atoms with van der Waals surface area (Å²) in [6.07, 6.45) is 1.69. The summed E-state index contributed by atoms with van der Waals surface area (Å²) in [7, 11) is 0. The van der Waals surface area contributed by atoms with Crippen LogP contribution in [0.1, 0.15) is 17.2 Å². The molecule has 5 heteroatoms. The number of aromatic nitrogens is 1. The van der Waals surface area contributed by atoms with Crippen LogP contribution in [0.4, 0.5) is 0 Å². The van der Waals surface area contributed by atoms with Gasteiger partial charge in [-0.05, 0) is 24.6 Å². The lowest BCUT2D eigenvalue weighted by atomic mass is 10.2. The molecule has 0 aliphatic rings. The van der Waals surface area contributed by atoms with Gasteiger partial charge in [0.2, 0.25) is 5.89 Å².